The summed E-state index contributed by atoms with van der Waals surface area (Å²) in [5.74, 6) is 0.475. The van der Waals surface area contributed by atoms with E-state index < -0.39 is 0 Å². The number of fused-ring (bicyclic) bond motifs is 2. The molecule has 0 spiro atoms. The monoisotopic (exact) mass is 476 g/mol. The lowest BCUT2D eigenvalue weighted by Crippen LogP contribution is -2.39. The number of hydrogen-bond donors (Lipinski definition) is 2. The van der Waals surface area contributed by atoms with Gasteiger partial charge in [0.05, 0.1) is 5.52 Å². The van der Waals surface area contributed by atoms with E-state index in [1.807, 2.05) is 36.4 Å². The van der Waals surface area contributed by atoms with Crippen molar-refractivity contribution in [2.45, 2.75) is 6.54 Å². The van der Waals surface area contributed by atoms with Crippen molar-refractivity contribution in [2.24, 2.45) is 0 Å². The van der Waals surface area contributed by atoms with Crippen LogP contribution in [0.2, 0.25) is 0 Å². The van der Waals surface area contributed by atoms with E-state index in [2.05, 4.69) is 38.1 Å². The van der Waals surface area contributed by atoms with Gasteiger partial charge in [-0.15, -0.1) is 0 Å². The summed E-state index contributed by atoms with van der Waals surface area (Å²) in [5.41, 5.74) is 2.36. The second-order valence-corrected chi connectivity index (χ2v) is 7.32. The molecule has 1 aliphatic rings. The van der Waals surface area contributed by atoms with Crippen molar-refractivity contribution in [1.29, 1.82) is 0 Å². The van der Waals surface area contributed by atoms with Gasteiger partial charge in [0.25, 0.3) is 11.8 Å². The van der Waals surface area contributed by atoms with Gasteiger partial charge in [-0.05, 0) is 46.9 Å². The van der Waals surface area contributed by atoms with Crippen LogP contribution in [-0.2, 0) is 11.3 Å². The Morgan fingerprint density at radius 2 is 2.15 bits per heavy atom. The number of aromatic amines is 1. The van der Waals surface area contributed by atoms with Crippen LogP contribution in [0.25, 0.3) is 10.9 Å². The molecule has 2 amide bonds. The van der Waals surface area contributed by atoms with Crippen molar-refractivity contribution in [1.82, 2.24) is 20.4 Å². The van der Waals surface area contributed by atoms with E-state index in [1.165, 1.54) is 0 Å². The standard InChI is InChI=1S/C19H17IN4O3/c20-18-14-9-12(5-6-15(14)22-23-18)19(26)21-7-8-24-10-13-3-1-2-4-16(13)27-11-17(24)25/h1-6,9H,7-8,10-11H2,(H,21,26)(H,22,23). The van der Waals surface area contributed by atoms with Crippen LogP contribution in [-0.4, -0.2) is 46.6 Å². The Morgan fingerprint density at radius 1 is 1.30 bits per heavy atom. The summed E-state index contributed by atoms with van der Waals surface area (Å²) in [6, 6.07) is 13.0. The third-order valence-electron chi connectivity index (χ3n) is 4.47. The topological polar surface area (TPSA) is 87.3 Å². The van der Waals surface area contributed by atoms with Gasteiger partial charge in [-0.2, -0.15) is 5.10 Å². The fourth-order valence-corrected chi connectivity index (χ4v) is 3.58. The maximum atomic E-state index is 12.4. The number of halogens is 1. The molecule has 2 aromatic carbocycles. The summed E-state index contributed by atoms with van der Waals surface area (Å²) in [5, 5.41) is 10.9. The summed E-state index contributed by atoms with van der Waals surface area (Å²) in [6.45, 7) is 1.28. The van der Waals surface area contributed by atoms with Crippen LogP contribution in [0.5, 0.6) is 5.75 Å². The summed E-state index contributed by atoms with van der Waals surface area (Å²) < 4.78 is 6.44. The highest BCUT2D eigenvalue weighted by Gasteiger charge is 2.21. The minimum Gasteiger partial charge on any atom is -0.483 e. The number of hydrogen-bond acceptors (Lipinski definition) is 4. The Labute approximate surface area is 169 Å². The zero-order valence-corrected chi connectivity index (χ0v) is 16.5. The van der Waals surface area contributed by atoms with Crippen LogP contribution in [0.4, 0.5) is 0 Å². The van der Waals surface area contributed by atoms with E-state index in [1.54, 1.807) is 11.0 Å². The van der Waals surface area contributed by atoms with Gasteiger partial charge in [0, 0.05) is 36.1 Å². The average molecular weight is 476 g/mol. The van der Waals surface area contributed by atoms with Crippen LogP contribution in [0, 0.1) is 3.70 Å². The molecule has 7 nitrogen and oxygen atoms in total. The van der Waals surface area contributed by atoms with Gasteiger partial charge in [-0.3, -0.25) is 14.7 Å². The molecule has 0 bridgehead atoms. The minimum absolute atomic E-state index is 0.0144. The van der Waals surface area contributed by atoms with E-state index in [9.17, 15) is 9.59 Å². The van der Waals surface area contributed by atoms with E-state index >= 15 is 0 Å². The van der Waals surface area contributed by atoms with Crippen molar-refractivity contribution >= 4 is 45.3 Å². The first-order chi connectivity index (χ1) is 13.1. The molecule has 0 radical (unpaired) electrons. The van der Waals surface area contributed by atoms with E-state index in [0.717, 1.165) is 25.9 Å². The van der Waals surface area contributed by atoms with Crippen LogP contribution in [0.3, 0.4) is 0 Å². The Morgan fingerprint density at radius 3 is 3.04 bits per heavy atom. The van der Waals surface area contributed by atoms with Crippen LogP contribution >= 0.6 is 22.6 Å². The van der Waals surface area contributed by atoms with E-state index in [4.69, 9.17) is 4.74 Å². The molecule has 0 fully saturated rings. The van der Waals surface area contributed by atoms with Gasteiger partial charge in [0.15, 0.2) is 6.61 Å². The highest BCUT2D eigenvalue weighted by atomic mass is 127. The Kier molecular flexibility index (Phi) is 4.97. The molecule has 138 valence electrons. The van der Waals surface area contributed by atoms with Gasteiger partial charge in [0.1, 0.15) is 9.45 Å². The fraction of sp³-hybridized carbons (Fsp3) is 0.211. The lowest BCUT2D eigenvalue weighted by molar-refractivity contribution is -0.133. The maximum Gasteiger partial charge on any atom is 0.260 e. The van der Waals surface area contributed by atoms with Gasteiger partial charge >= 0.3 is 0 Å². The number of rotatable bonds is 4. The van der Waals surface area contributed by atoms with Crippen molar-refractivity contribution in [2.75, 3.05) is 19.7 Å². The number of carbonyl (C=O) groups is 2. The fourth-order valence-electron chi connectivity index (χ4n) is 3.03. The highest BCUT2D eigenvalue weighted by molar-refractivity contribution is 14.1. The maximum absolute atomic E-state index is 12.4. The second kappa shape index (κ2) is 7.55. The van der Waals surface area contributed by atoms with E-state index in [-0.39, 0.29) is 18.4 Å². The van der Waals surface area contributed by atoms with Gasteiger partial charge in [-0.1, -0.05) is 18.2 Å². The molecule has 1 aliphatic heterocycles. The van der Waals surface area contributed by atoms with Gasteiger partial charge in [0.2, 0.25) is 0 Å². The normalized spacial score (nSPS) is 13.8. The average Bonchev–Trinajstić information content (AvgIpc) is 2.97. The van der Waals surface area contributed by atoms with E-state index in [0.29, 0.717) is 25.2 Å². The SMILES string of the molecule is O=C(NCCN1Cc2ccccc2OCC1=O)c1ccc2n[nH]c(I)c2c1. The molecule has 0 unspecified atom stereocenters. The third-order valence-corrected chi connectivity index (χ3v) is 5.30. The molecule has 8 heteroatoms. The summed E-state index contributed by atoms with van der Waals surface area (Å²) >= 11 is 2.15. The molecular formula is C19H17IN4O3. The number of H-pyrrole nitrogens is 1. The molecular weight excluding hydrogens is 459 g/mol. The second-order valence-electron chi connectivity index (χ2n) is 6.24. The predicted octanol–water partition coefficient (Wildman–Crippen LogP) is 2.32. The molecule has 3 aromatic rings. The zero-order chi connectivity index (χ0) is 18.8. The highest BCUT2D eigenvalue weighted by Crippen LogP contribution is 2.22. The molecule has 2 N–H and O–H groups in total. The Balaban J connectivity index is 1.39. The number of aromatic nitrogens is 2. The first-order valence-electron chi connectivity index (χ1n) is 8.52. The largest absolute Gasteiger partial charge is 0.483 e. The number of nitrogens with zero attached hydrogens (tertiary/aromatic N) is 2. The molecule has 0 atom stereocenters. The number of benzene rings is 2. The van der Waals surface area contributed by atoms with Crippen molar-refractivity contribution in [3.63, 3.8) is 0 Å². The first kappa shape index (κ1) is 17.8. The minimum atomic E-state index is -0.173. The van der Waals surface area contributed by atoms with Crippen LogP contribution < -0.4 is 10.1 Å². The molecule has 0 aliphatic carbocycles. The lowest BCUT2D eigenvalue weighted by Gasteiger charge is -2.20. The lowest BCUT2D eigenvalue weighted by atomic mass is 10.1. The number of amides is 2. The molecule has 0 saturated carbocycles. The summed E-state index contributed by atoms with van der Waals surface area (Å²) in [4.78, 5) is 26.4. The molecule has 4 rings (SSSR count). The molecule has 2 heterocycles. The smallest absolute Gasteiger partial charge is 0.260 e. The van der Waals surface area contributed by atoms with Crippen molar-refractivity contribution in [3.05, 3.63) is 57.3 Å². The molecule has 27 heavy (non-hydrogen) atoms. The predicted molar refractivity (Wildman–Crippen MR) is 108 cm³/mol. The molecule has 1 aromatic heterocycles. The quantitative estimate of drug-likeness (QED) is 0.566. The Bertz CT molecular complexity index is 1020. The van der Waals surface area contributed by atoms with Crippen molar-refractivity contribution < 1.29 is 14.3 Å². The number of ether oxygens (including phenoxy) is 1. The number of carbonyl (C=O) groups excluding carboxylic acids is 2. The first-order valence-corrected chi connectivity index (χ1v) is 9.60. The number of para-hydroxylation sites is 1. The molecule has 0 saturated heterocycles. The van der Waals surface area contributed by atoms with Gasteiger partial charge < -0.3 is 15.0 Å². The number of nitrogens with one attached hydrogen (secondary N) is 2. The zero-order valence-electron chi connectivity index (χ0n) is 14.4. The Hall–Kier alpha value is -2.62. The van der Waals surface area contributed by atoms with Crippen LogP contribution in [0.1, 0.15) is 15.9 Å². The summed E-state index contributed by atoms with van der Waals surface area (Å²) in [6.07, 6.45) is 0. The van der Waals surface area contributed by atoms with Crippen molar-refractivity contribution in [3.8, 4) is 5.75 Å². The van der Waals surface area contributed by atoms with Gasteiger partial charge in [-0.25, -0.2) is 0 Å². The van der Waals surface area contributed by atoms with Crippen LogP contribution in [0.15, 0.2) is 42.5 Å². The summed E-state index contributed by atoms with van der Waals surface area (Å²) in [7, 11) is 0. The third kappa shape index (κ3) is 3.75.